The predicted octanol–water partition coefficient (Wildman–Crippen LogP) is 5.43. The van der Waals surface area contributed by atoms with E-state index in [-0.39, 0.29) is 30.4 Å². The number of thiocarbonyl (C=S) groups is 1. The fourth-order valence-electron chi connectivity index (χ4n) is 4.50. The molecule has 7 nitrogen and oxygen atoms in total. The quantitative estimate of drug-likeness (QED) is 0.308. The van der Waals surface area contributed by atoms with Crippen molar-refractivity contribution in [3.63, 3.8) is 0 Å². The third-order valence-electron chi connectivity index (χ3n) is 6.05. The van der Waals surface area contributed by atoms with Gasteiger partial charge >= 0.3 is 0 Å². The summed E-state index contributed by atoms with van der Waals surface area (Å²) >= 11 is 12.4. The summed E-state index contributed by atoms with van der Waals surface area (Å²) in [5, 5.41) is 6.98. The zero-order chi connectivity index (χ0) is 25.9. The molecule has 0 radical (unpaired) electrons. The van der Waals surface area contributed by atoms with Crippen LogP contribution in [0.15, 0.2) is 85.2 Å². The SMILES string of the molecule is COCC(=O)Nc1ccc(N2C(=S)N[C@H](c3ccccn3)[C@H]2c2cccn2-c2cccc(F)c2)cc1Cl. The number of rotatable bonds is 7. The topological polar surface area (TPSA) is 71.4 Å². The lowest BCUT2D eigenvalue weighted by Gasteiger charge is -2.29. The number of nitrogens with one attached hydrogen (secondary N) is 2. The molecule has 0 spiro atoms. The van der Waals surface area contributed by atoms with Crippen LogP contribution in [0.2, 0.25) is 5.02 Å². The van der Waals surface area contributed by atoms with Crippen LogP contribution in [-0.4, -0.2) is 34.3 Å². The zero-order valence-corrected chi connectivity index (χ0v) is 21.3. The van der Waals surface area contributed by atoms with Gasteiger partial charge in [0.2, 0.25) is 5.91 Å². The number of anilines is 2. The Balaban J connectivity index is 1.59. The fraction of sp³-hybridized carbons (Fsp3) is 0.148. The van der Waals surface area contributed by atoms with E-state index in [4.69, 9.17) is 28.6 Å². The van der Waals surface area contributed by atoms with Crippen molar-refractivity contribution in [1.82, 2.24) is 14.9 Å². The molecule has 188 valence electrons. The minimum Gasteiger partial charge on any atom is -0.375 e. The Morgan fingerprint density at radius 1 is 1.14 bits per heavy atom. The van der Waals surface area contributed by atoms with Crippen molar-refractivity contribution in [3.8, 4) is 5.69 Å². The number of nitrogens with zero attached hydrogens (tertiary/aromatic N) is 3. The second-order valence-corrected chi connectivity index (χ2v) is 9.22. The summed E-state index contributed by atoms with van der Waals surface area (Å²) in [4.78, 5) is 18.5. The Hall–Kier alpha value is -3.79. The molecule has 2 aromatic heterocycles. The standard InChI is InChI=1S/C27H23ClFN5O2S/c1-36-16-24(35)31-21-11-10-19(15-20(21)28)34-26(25(32-27(34)37)22-8-2-3-12-30-22)23-9-5-13-33(23)18-7-4-6-17(29)14-18/h2-15,25-26H,16H2,1H3,(H,31,35)(H,32,37)/t25-,26-/m1/s1. The second-order valence-electron chi connectivity index (χ2n) is 8.42. The zero-order valence-electron chi connectivity index (χ0n) is 19.8. The van der Waals surface area contributed by atoms with Gasteiger partial charge in [0.25, 0.3) is 0 Å². The summed E-state index contributed by atoms with van der Waals surface area (Å²) in [5.74, 6) is -0.634. The highest BCUT2D eigenvalue weighted by atomic mass is 35.5. The normalized spacial score (nSPS) is 17.1. The van der Waals surface area contributed by atoms with Crippen molar-refractivity contribution in [3.05, 3.63) is 107 Å². The first-order chi connectivity index (χ1) is 18.0. The summed E-state index contributed by atoms with van der Waals surface area (Å²) in [6, 6.07) is 20.7. The van der Waals surface area contributed by atoms with Crippen LogP contribution in [0.1, 0.15) is 23.5 Å². The predicted molar refractivity (Wildman–Crippen MR) is 146 cm³/mol. The summed E-state index contributed by atoms with van der Waals surface area (Å²) in [6.07, 6.45) is 3.63. The fourth-order valence-corrected chi connectivity index (χ4v) is 5.07. The number of carbonyl (C=O) groups is 1. The lowest BCUT2D eigenvalue weighted by Crippen LogP contribution is -2.30. The van der Waals surface area contributed by atoms with E-state index in [0.29, 0.717) is 21.5 Å². The lowest BCUT2D eigenvalue weighted by molar-refractivity contribution is -0.119. The van der Waals surface area contributed by atoms with Gasteiger partial charge < -0.3 is 24.8 Å². The van der Waals surface area contributed by atoms with Gasteiger partial charge in [0.1, 0.15) is 18.5 Å². The highest BCUT2D eigenvalue weighted by molar-refractivity contribution is 7.80. The van der Waals surface area contributed by atoms with Crippen LogP contribution >= 0.6 is 23.8 Å². The third-order valence-corrected chi connectivity index (χ3v) is 6.68. The number of benzene rings is 2. The maximum atomic E-state index is 14.1. The number of hydrogen-bond donors (Lipinski definition) is 2. The molecular formula is C27H23ClFN5O2S. The average molecular weight is 536 g/mol. The van der Waals surface area contributed by atoms with Crippen molar-refractivity contribution < 1.29 is 13.9 Å². The minimum atomic E-state index is -0.342. The number of pyridine rings is 1. The highest BCUT2D eigenvalue weighted by Gasteiger charge is 2.42. The lowest BCUT2D eigenvalue weighted by atomic mass is 10.0. The van der Waals surface area contributed by atoms with E-state index in [1.165, 1.54) is 19.2 Å². The van der Waals surface area contributed by atoms with Crippen LogP contribution in [0.25, 0.3) is 5.69 Å². The minimum absolute atomic E-state index is 0.0802. The van der Waals surface area contributed by atoms with Gasteiger partial charge in [-0.1, -0.05) is 23.7 Å². The van der Waals surface area contributed by atoms with Gasteiger partial charge in [-0.2, -0.15) is 0 Å². The van der Waals surface area contributed by atoms with Gasteiger partial charge in [0.05, 0.1) is 22.4 Å². The van der Waals surface area contributed by atoms with Gasteiger partial charge in [-0.05, 0) is 72.9 Å². The van der Waals surface area contributed by atoms with E-state index in [1.54, 1.807) is 24.4 Å². The molecule has 0 unspecified atom stereocenters. The molecule has 2 atom stereocenters. The first-order valence-corrected chi connectivity index (χ1v) is 12.3. The molecule has 1 aliphatic heterocycles. The van der Waals surface area contributed by atoms with E-state index in [2.05, 4.69) is 15.6 Å². The van der Waals surface area contributed by atoms with Crippen LogP contribution in [0, 0.1) is 5.82 Å². The van der Waals surface area contributed by atoms with Gasteiger partial charge in [-0.25, -0.2) is 4.39 Å². The first kappa shape index (κ1) is 24.9. The molecule has 37 heavy (non-hydrogen) atoms. The van der Waals surface area contributed by atoms with E-state index in [1.807, 2.05) is 58.1 Å². The highest BCUT2D eigenvalue weighted by Crippen LogP contribution is 2.43. The van der Waals surface area contributed by atoms with Crippen molar-refractivity contribution in [2.24, 2.45) is 0 Å². The molecule has 2 aromatic carbocycles. The molecule has 4 aromatic rings. The van der Waals surface area contributed by atoms with Crippen LogP contribution in [0.5, 0.6) is 0 Å². The number of carbonyl (C=O) groups excluding carboxylic acids is 1. The van der Waals surface area contributed by atoms with E-state index in [0.717, 1.165) is 17.1 Å². The molecule has 0 bridgehead atoms. The van der Waals surface area contributed by atoms with Crippen LogP contribution in [0.4, 0.5) is 15.8 Å². The maximum Gasteiger partial charge on any atom is 0.250 e. The number of aromatic nitrogens is 2. The summed E-state index contributed by atoms with van der Waals surface area (Å²) < 4.78 is 20.9. The number of hydrogen-bond acceptors (Lipinski definition) is 4. The first-order valence-electron chi connectivity index (χ1n) is 11.5. The van der Waals surface area contributed by atoms with Crippen molar-refractivity contribution in [1.29, 1.82) is 0 Å². The molecular weight excluding hydrogens is 513 g/mol. The summed E-state index contributed by atoms with van der Waals surface area (Å²) in [6.45, 7) is -0.0802. The Labute approximate surface area is 223 Å². The molecule has 1 amide bonds. The van der Waals surface area contributed by atoms with Crippen LogP contribution in [-0.2, 0) is 9.53 Å². The molecule has 10 heteroatoms. The molecule has 1 fully saturated rings. The molecule has 1 saturated heterocycles. The smallest absolute Gasteiger partial charge is 0.250 e. The number of methoxy groups -OCH3 is 1. The third kappa shape index (κ3) is 5.06. The summed E-state index contributed by atoms with van der Waals surface area (Å²) in [7, 11) is 1.45. The van der Waals surface area contributed by atoms with E-state index >= 15 is 0 Å². The van der Waals surface area contributed by atoms with E-state index in [9.17, 15) is 9.18 Å². The number of halogens is 2. The van der Waals surface area contributed by atoms with Crippen molar-refractivity contribution in [2.75, 3.05) is 23.9 Å². The number of ether oxygens (including phenoxy) is 1. The monoisotopic (exact) mass is 535 g/mol. The van der Waals surface area contributed by atoms with Gasteiger partial charge in [0, 0.05) is 36.6 Å². The largest absolute Gasteiger partial charge is 0.375 e. The molecule has 0 aliphatic carbocycles. The summed E-state index contributed by atoms with van der Waals surface area (Å²) in [5.41, 5.74) is 3.56. The molecule has 0 saturated carbocycles. The molecule has 5 rings (SSSR count). The van der Waals surface area contributed by atoms with Crippen LogP contribution in [0.3, 0.4) is 0 Å². The van der Waals surface area contributed by atoms with Crippen molar-refractivity contribution in [2.45, 2.75) is 12.1 Å². The Bertz CT molecular complexity index is 1450. The van der Waals surface area contributed by atoms with Gasteiger partial charge in [-0.15, -0.1) is 0 Å². The van der Waals surface area contributed by atoms with E-state index < -0.39 is 0 Å². The van der Waals surface area contributed by atoms with Gasteiger partial charge in [0.15, 0.2) is 5.11 Å². The Morgan fingerprint density at radius 3 is 2.73 bits per heavy atom. The Kier molecular flexibility index (Phi) is 7.18. The maximum absolute atomic E-state index is 14.1. The molecule has 2 N–H and O–H groups in total. The molecule has 3 heterocycles. The Morgan fingerprint density at radius 2 is 2.00 bits per heavy atom. The van der Waals surface area contributed by atoms with Crippen LogP contribution < -0.4 is 15.5 Å². The number of amides is 1. The second kappa shape index (κ2) is 10.7. The molecule has 1 aliphatic rings. The van der Waals surface area contributed by atoms with Crippen molar-refractivity contribution >= 4 is 46.2 Å². The average Bonchev–Trinajstić information content (AvgIpc) is 3.50. The van der Waals surface area contributed by atoms with Gasteiger partial charge in [-0.3, -0.25) is 9.78 Å².